The highest BCUT2D eigenvalue weighted by molar-refractivity contribution is 5.98. The molecule has 80 valence electrons. The van der Waals surface area contributed by atoms with Crippen molar-refractivity contribution >= 4 is 5.91 Å². The minimum Gasteiger partial charge on any atom is -0.366 e. The lowest BCUT2D eigenvalue weighted by Crippen LogP contribution is -2.13. The van der Waals surface area contributed by atoms with Gasteiger partial charge in [-0.3, -0.25) is 9.78 Å². The molecule has 0 radical (unpaired) electrons. The molecule has 0 aliphatic heterocycles. The van der Waals surface area contributed by atoms with Crippen molar-refractivity contribution in [2.45, 2.75) is 6.92 Å². The van der Waals surface area contributed by atoms with Crippen molar-refractivity contribution in [3.05, 3.63) is 53.7 Å². The first-order valence-corrected chi connectivity index (χ1v) is 5.01. The molecule has 0 unspecified atom stereocenters. The first-order valence-electron chi connectivity index (χ1n) is 5.01. The number of benzene rings is 1. The molecule has 1 aromatic carbocycles. The number of primary amides is 1. The number of aryl methyl sites for hydroxylation is 1. The van der Waals surface area contributed by atoms with Crippen LogP contribution in [0.15, 0.2) is 42.5 Å². The van der Waals surface area contributed by atoms with Gasteiger partial charge in [0.05, 0.1) is 11.3 Å². The fourth-order valence-corrected chi connectivity index (χ4v) is 1.57. The summed E-state index contributed by atoms with van der Waals surface area (Å²) in [5.74, 6) is -0.452. The monoisotopic (exact) mass is 212 g/mol. The van der Waals surface area contributed by atoms with E-state index >= 15 is 0 Å². The van der Waals surface area contributed by atoms with Crippen LogP contribution in [0.5, 0.6) is 0 Å². The summed E-state index contributed by atoms with van der Waals surface area (Å²) >= 11 is 0. The van der Waals surface area contributed by atoms with Crippen molar-refractivity contribution in [3.63, 3.8) is 0 Å². The Morgan fingerprint density at radius 1 is 1.12 bits per heavy atom. The maximum atomic E-state index is 11.3. The van der Waals surface area contributed by atoms with Gasteiger partial charge in [0.1, 0.15) is 0 Å². The molecule has 0 spiro atoms. The van der Waals surface area contributed by atoms with Gasteiger partial charge in [0.2, 0.25) is 0 Å². The lowest BCUT2D eigenvalue weighted by atomic mass is 10.0. The van der Waals surface area contributed by atoms with E-state index in [0.717, 1.165) is 11.3 Å². The Labute approximate surface area is 93.9 Å². The van der Waals surface area contributed by atoms with E-state index in [2.05, 4.69) is 4.98 Å². The molecule has 16 heavy (non-hydrogen) atoms. The molecule has 3 nitrogen and oxygen atoms in total. The number of amides is 1. The number of rotatable bonds is 2. The van der Waals surface area contributed by atoms with Crippen LogP contribution in [0.3, 0.4) is 0 Å². The van der Waals surface area contributed by atoms with Gasteiger partial charge in [-0.1, -0.05) is 30.3 Å². The molecule has 0 aliphatic carbocycles. The highest BCUT2D eigenvalue weighted by Crippen LogP contribution is 2.21. The lowest BCUT2D eigenvalue weighted by Gasteiger charge is -2.06. The predicted molar refractivity (Wildman–Crippen MR) is 62.9 cm³/mol. The molecular weight excluding hydrogens is 200 g/mol. The van der Waals surface area contributed by atoms with Gasteiger partial charge in [-0.25, -0.2) is 0 Å². The van der Waals surface area contributed by atoms with E-state index in [1.165, 1.54) is 0 Å². The maximum absolute atomic E-state index is 11.3. The van der Waals surface area contributed by atoms with Gasteiger partial charge in [0.15, 0.2) is 0 Å². The first kappa shape index (κ1) is 10.4. The topological polar surface area (TPSA) is 56.0 Å². The smallest absolute Gasteiger partial charge is 0.250 e. The molecular formula is C13H12N2O. The number of nitrogens with two attached hydrogens (primary N) is 1. The quantitative estimate of drug-likeness (QED) is 0.829. The molecule has 1 aromatic heterocycles. The average molecular weight is 212 g/mol. The number of aromatic nitrogens is 1. The molecule has 3 heteroatoms. The summed E-state index contributed by atoms with van der Waals surface area (Å²) in [5.41, 5.74) is 8.19. The predicted octanol–water partition coefficient (Wildman–Crippen LogP) is 2.16. The third kappa shape index (κ3) is 1.93. The Morgan fingerprint density at radius 3 is 2.44 bits per heavy atom. The minimum absolute atomic E-state index is 0.452. The first-order chi connectivity index (χ1) is 7.68. The second kappa shape index (κ2) is 4.14. The third-order valence-corrected chi connectivity index (χ3v) is 2.35. The Morgan fingerprint density at radius 2 is 1.81 bits per heavy atom. The van der Waals surface area contributed by atoms with Crippen molar-refractivity contribution in [1.82, 2.24) is 4.98 Å². The Balaban J connectivity index is 2.63. The Hall–Kier alpha value is -2.16. The fourth-order valence-electron chi connectivity index (χ4n) is 1.57. The summed E-state index contributed by atoms with van der Waals surface area (Å²) in [4.78, 5) is 15.7. The van der Waals surface area contributed by atoms with Gasteiger partial charge in [-0.2, -0.15) is 0 Å². The van der Waals surface area contributed by atoms with E-state index in [9.17, 15) is 4.79 Å². The largest absolute Gasteiger partial charge is 0.366 e. The van der Waals surface area contributed by atoms with E-state index in [1.807, 2.05) is 37.3 Å². The van der Waals surface area contributed by atoms with Crippen molar-refractivity contribution in [2.75, 3.05) is 0 Å². The number of carbonyl (C=O) groups excluding carboxylic acids is 1. The zero-order valence-electron chi connectivity index (χ0n) is 8.97. The molecule has 2 aromatic rings. The summed E-state index contributed by atoms with van der Waals surface area (Å²) in [6, 6.07) is 13.1. The molecule has 0 aliphatic rings. The van der Waals surface area contributed by atoms with E-state index < -0.39 is 5.91 Å². The zero-order chi connectivity index (χ0) is 11.5. The van der Waals surface area contributed by atoms with Crippen molar-refractivity contribution in [2.24, 2.45) is 5.73 Å². The molecule has 0 bridgehead atoms. The zero-order valence-corrected chi connectivity index (χ0v) is 8.97. The molecule has 2 N–H and O–H groups in total. The van der Waals surface area contributed by atoms with E-state index in [4.69, 9.17) is 5.73 Å². The fraction of sp³-hybridized carbons (Fsp3) is 0.0769. The van der Waals surface area contributed by atoms with Crippen molar-refractivity contribution < 1.29 is 4.79 Å². The number of hydrogen-bond acceptors (Lipinski definition) is 2. The van der Waals surface area contributed by atoms with E-state index in [-0.39, 0.29) is 0 Å². The van der Waals surface area contributed by atoms with Gasteiger partial charge in [-0.05, 0) is 19.1 Å². The van der Waals surface area contributed by atoms with Crippen LogP contribution in [0, 0.1) is 6.92 Å². The van der Waals surface area contributed by atoms with Crippen LogP contribution < -0.4 is 5.73 Å². The second-order valence-corrected chi connectivity index (χ2v) is 3.58. The lowest BCUT2D eigenvalue weighted by molar-refractivity contribution is 0.100. The summed E-state index contributed by atoms with van der Waals surface area (Å²) in [5, 5.41) is 0. The third-order valence-electron chi connectivity index (χ3n) is 2.35. The van der Waals surface area contributed by atoms with Gasteiger partial charge in [-0.15, -0.1) is 0 Å². The maximum Gasteiger partial charge on any atom is 0.250 e. The summed E-state index contributed by atoms with van der Waals surface area (Å²) < 4.78 is 0. The van der Waals surface area contributed by atoms with E-state index in [1.54, 1.807) is 12.1 Å². The van der Waals surface area contributed by atoms with Gasteiger partial charge >= 0.3 is 0 Å². The SMILES string of the molecule is Cc1ccc(C(N)=O)c(-c2ccccc2)n1. The van der Waals surface area contributed by atoms with Crippen LogP contribution in [0.4, 0.5) is 0 Å². The minimum atomic E-state index is -0.452. The summed E-state index contributed by atoms with van der Waals surface area (Å²) in [6.45, 7) is 1.89. The molecule has 0 saturated carbocycles. The Bertz CT molecular complexity index is 521. The van der Waals surface area contributed by atoms with Crippen LogP contribution in [0.1, 0.15) is 16.1 Å². The normalized spacial score (nSPS) is 10.1. The van der Waals surface area contributed by atoms with Crippen molar-refractivity contribution in [1.29, 1.82) is 0 Å². The van der Waals surface area contributed by atoms with Crippen LogP contribution in [-0.4, -0.2) is 10.9 Å². The summed E-state index contributed by atoms with van der Waals surface area (Å²) in [6.07, 6.45) is 0. The van der Waals surface area contributed by atoms with Gasteiger partial charge in [0.25, 0.3) is 5.91 Å². The number of nitrogens with zero attached hydrogens (tertiary/aromatic N) is 1. The molecule has 1 amide bonds. The highest BCUT2D eigenvalue weighted by Gasteiger charge is 2.11. The number of hydrogen-bond donors (Lipinski definition) is 1. The number of carbonyl (C=O) groups is 1. The van der Waals surface area contributed by atoms with Crippen LogP contribution in [-0.2, 0) is 0 Å². The van der Waals surface area contributed by atoms with Gasteiger partial charge < -0.3 is 5.73 Å². The average Bonchev–Trinajstić information content (AvgIpc) is 2.29. The van der Waals surface area contributed by atoms with Gasteiger partial charge in [0, 0.05) is 11.3 Å². The van der Waals surface area contributed by atoms with Crippen LogP contribution in [0.25, 0.3) is 11.3 Å². The van der Waals surface area contributed by atoms with Crippen LogP contribution in [0.2, 0.25) is 0 Å². The Kier molecular flexibility index (Phi) is 2.68. The standard InChI is InChI=1S/C13H12N2O/c1-9-7-8-11(13(14)16)12(15-9)10-5-3-2-4-6-10/h2-8H,1H3,(H2,14,16). The highest BCUT2D eigenvalue weighted by atomic mass is 16.1. The molecule has 2 rings (SSSR count). The van der Waals surface area contributed by atoms with E-state index in [0.29, 0.717) is 11.3 Å². The molecule has 0 fully saturated rings. The van der Waals surface area contributed by atoms with Crippen molar-refractivity contribution in [3.8, 4) is 11.3 Å². The number of pyridine rings is 1. The van der Waals surface area contributed by atoms with Crippen LogP contribution >= 0.6 is 0 Å². The molecule has 0 saturated heterocycles. The summed E-state index contributed by atoms with van der Waals surface area (Å²) in [7, 11) is 0. The molecule has 0 atom stereocenters. The molecule has 1 heterocycles. The second-order valence-electron chi connectivity index (χ2n) is 3.58.